The Kier molecular flexibility index (Phi) is 23.8. The zero-order chi connectivity index (χ0) is 27.0. The van der Waals surface area contributed by atoms with Crippen LogP contribution in [0.4, 0.5) is 0 Å². The van der Waals surface area contributed by atoms with Gasteiger partial charge < -0.3 is 9.59 Å². The lowest BCUT2D eigenvalue weighted by atomic mass is 10.0. The number of hydrogen-bond donors (Lipinski definition) is 2. The van der Waals surface area contributed by atoms with Gasteiger partial charge in [0, 0.05) is 0 Å². The average Bonchev–Trinajstić information content (AvgIpc) is 2.77. The van der Waals surface area contributed by atoms with Gasteiger partial charge in [0.05, 0.1) is 20.6 Å². The maximum atomic E-state index is 10.9. The summed E-state index contributed by atoms with van der Waals surface area (Å²) in [4.78, 5) is 0. The van der Waals surface area contributed by atoms with Crippen molar-refractivity contribution < 1.29 is 22.6 Å². The number of nitrogens with zero attached hydrogens (tertiary/aromatic N) is 1. The lowest BCUT2D eigenvalue weighted by Gasteiger charge is -2.31. The van der Waals surface area contributed by atoms with Crippen LogP contribution in [0.2, 0.25) is 0 Å². The van der Waals surface area contributed by atoms with Gasteiger partial charge in [0.25, 0.3) is 10.1 Å². The minimum atomic E-state index is -4.11. The molecule has 0 aliphatic carbocycles. The summed E-state index contributed by atoms with van der Waals surface area (Å²) in [6.07, 6.45) is 30.8. The number of hydrogen-bond acceptors (Lipinski definition) is 3. The van der Waals surface area contributed by atoms with Crippen LogP contribution in [0.5, 0.6) is 0 Å². The molecule has 1 unspecified atom stereocenters. The molecule has 0 bridgehead atoms. The summed E-state index contributed by atoms with van der Waals surface area (Å²) in [7, 11) is -0.102. The Morgan fingerprint density at radius 3 is 1.11 bits per heavy atom. The first kappa shape index (κ1) is 35.8. The quantitative estimate of drug-likeness (QED) is 0.0601. The molecule has 0 aromatic carbocycles. The maximum Gasteiger partial charge on any atom is 0.267 e. The number of quaternary nitrogens is 1. The van der Waals surface area contributed by atoms with Gasteiger partial charge in [-0.25, -0.2) is 0 Å². The van der Waals surface area contributed by atoms with E-state index in [9.17, 15) is 13.5 Å². The molecule has 0 spiro atoms. The highest BCUT2D eigenvalue weighted by molar-refractivity contribution is 7.85. The first-order valence-electron chi connectivity index (χ1n) is 15.6. The molecule has 36 heavy (non-hydrogen) atoms. The van der Waals surface area contributed by atoms with Gasteiger partial charge in [-0.2, -0.15) is 8.42 Å². The molecule has 218 valence electrons. The predicted octanol–water partition coefficient (Wildman–Crippen LogP) is 8.30. The van der Waals surface area contributed by atoms with Gasteiger partial charge in [0.2, 0.25) is 0 Å². The van der Waals surface area contributed by atoms with Crippen molar-refractivity contribution in [2.75, 3.05) is 32.9 Å². The second-order valence-electron chi connectivity index (χ2n) is 12.0. The van der Waals surface area contributed by atoms with Crippen molar-refractivity contribution in [3.8, 4) is 0 Å². The molecule has 0 aromatic heterocycles. The van der Waals surface area contributed by atoms with Gasteiger partial charge in [-0.05, 0) is 12.8 Å². The standard InChI is InChI=1S/C30H63NO4S/c1-4-5-6-7-8-9-10-11-12-13-14-15-16-17-18-19-20-21-22-23-24-25-26-27-31(2,3)28-30(32)29-36(33,34)35/h30,32H,4-29H2,1-3H3/p+1. The van der Waals surface area contributed by atoms with Gasteiger partial charge in [-0.1, -0.05) is 142 Å². The Balaban J connectivity index is 3.29. The van der Waals surface area contributed by atoms with Crippen LogP contribution in [0.15, 0.2) is 0 Å². The molecule has 0 heterocycles. The first-order chi connectivity index (χ1) is 17.2. The highest BCUT2D eigenvalue weighted by Crippen LogP contribution is 2.16. The minimum Gasteiger partial charge on any atom is -0.386 e. The fourth-order valence-corrected chi connectivity index (χ4v) is 5.87. The van der Waals surface area contributed by atoms with Crippen LogP contribution in [0.3, 0.4) is 0 Å². The number of unbranched alkanes of at least 4 members (excludes halogenated alkanes) is 22. The number of likely N-dealkylation sites (N-methyl/N-ethyl adjacent to an activating group) is 1. The molecule has 0 aliphatic rings. The zero-order valence-corrected chi connectivity index (χ0v) is 25.3. The van der Waals surface area contributed by atoms with E-state index in [0.29, 0.717) is 11.0 Å². The molecule has 0 aromatic rings. The van der Waals surface area contributed by atoms with Crippen molar-refractivity contribution in [1.82, 2.24) is 0 Å². The van der Waals surface area contributed by atoms with Crippen LogP contribution >= 0.6 is 0 Å². The molecular formula is C30H64NO4S+. The topological polar surface area (TPSA) is 74.6 Å². The van der Waals surface area contributed by atoms with Gasteiger partial charge in [-0.15, -0.1) is 0 Å². The number of aliphatic hydroxyl groups excluding tert-OH is 1. The van der Waals surface area contributed by atoms with Gasteiger partial charge in [0.15, 0.2) is 0 Å². The summed E-state index contributed by atoms with van der Waals surface area (Å²) in [5.41, 5.74) is 0. The molecular weight excluding hydrogens is 470 g/mol. The molecule has 0 radical (unpaired) electrons. The summed E-state index contributed by atoms with van der Waals surface area (Å²) in [6.45, 7) is 3.55. The summed E-state index contributed by atoms with van der Waals surface area (Å²) >= 11 is 0. The SMILES string of the molecule is CCCCCCCCCCCCCCCCCCCCCCCCC[N+](C)(C)CC(O)CS(=O)(=O)O. The third-order valence-corrected chi connectivity index (χ3v) is 8.28. The van der Waals surface area contributed by atoms with E-state index in [-0.39, 0.29) is 0 Å². The highest BCUT2D eigenvalue weighted by atomic mass is 32.2. The fraction of sp³-hybridized carbons (Fsp3) is 1.00. The maximum absolute atomic E-state index is 10.9. The van der Waals surface area contributed by atoms with Crippen molar-refractivity contribution >= 4 is 10.1 Å². The van der Waals surface area contributed by atoms with E-state index in [1.54, 1.807) is 0 Å². The molecule has 0 aliphatic heterocycles. The largest absolute Gasteiger partial charge is 0.386 e. The molecule has 0 saturated heterocycles. The third kappa shape index (κ3) is 28.4. The van der Waals surface area contributed by atoms with Crippen molar-refractivity contribution in [3.63, 3.8) is 0 Å². The molecule has 6 heteroatoms. The van der Waals surface area contributed by atoms with Crippen molar-refractivity contribution in [1.29, 1.82) is 0 Å². The average molecular weight is 535 g/mol. The van der Waals surface area contributed by atoms with Crippen molar-refractivity contribution in [3.05, 3.63) is 0 Å². The lowest BCUT2D eigenvalue weighted by Crippen LogP contribution is -2.47. The van der Waals surface area contributed by atoms with Crippen LogP contribution in [0.1, 0.15) is 155 Å². The molecule has 0 saturated carbocycles. The summed E-state index contributed by atoms with van der Waals surface area (Å²) < 4.78 is 31.2. The van der Waals surface area contributed by atoms with E-state index in [2.05, 4.69) is 6.92 Å². The molecule has 5 nitrogen and oxygen atoms in total. The minimum absolute atomic E-state index is 0.346. The van der Waals surface area contributed by atoms with E-state index in [0.717, 1.165) is 13.0 Å². The van der Waals surface area contributed by atoms with Crippen LogP contribution < -0.4 is 0 Å². The Morgan fingerprint density at radius 2 is 0.833 bits per heavy atom. The van der Waals surface area contributed by atoms with E-state index in [4.69, 9.17) is 4.55 Å². The van der Waals surface area contributed by atoms with Crippen molar-refractivity contribution in [2.45, 2.75) is 161 Å². The Morgan fingerprint density at radius 1 is 0.556 bits per heavy atom. The van der Waals surface area contributed by atoms with E-state index in [1.165, 1.54) is 141 Å². The molecule has 0 rings (SSSR count). The van der Waals surface area contributed by atoms with Gasteiger partial charge in [0.1, 0.15) is 18.4 Å². The second kappa shape index (κ2) is 23.9. The fourth-order valence-electron chi connectivity index (χ4n) is 5.28. The zero-order valence-electron chi connectivity index (χ0n) is 24.5. The highest BCUT2D eigenvalue weighted by Gasteiger charge is 2.23. The van der Waals surface area contributed by atoms with Crippen LogP contribution in [-0.2, 0) is 10.1 Å². The summed E-state index contributed by atoms with van der Waals surface area (Å²) in [5, 5.41) is 9.85. The summed E-state index contributed by atoms with van der Waals surface area (Å²) in [6, 6.07) is 0. The Bertz CT molecular complexity index is 565. The van der Waals surface area contributed by atoms with Gasteiger partial charge in [-0.3, -0.25) is 4.55 Å². The second-order valence-corrected chi connectivity index (χ2v) is 13.5. The van der Waals surface area contributed by atoms with E-state index in [1.807, 2.05) is 14.1 Å². The molecule has 2 N–H and O–H groups in total. The van der Waals surface area contributed by atoms with Gasteiger partial charge >= 0.3 is 0 Å². The lowest BCUT2D eigenvalue weighted by molar-refractivity contribution is -0.893. The van der Waals surface area contributed by atoms with Crippen LogP contribution in [0, 0.1) is 0 Å². The predicted molar refractivity (Wildman–Crippen MR) is 156 cm³/mol. The van der Waals surface area contributed by atoms with Crippen molar-refractivity contribution in [2.24, 2.45) is 0 Å². The first-order valence-corrected chi connectivity index (χ1v) is 17.2. The Labute approximate surface area is 226 Å². The monoisotopic (exact) mass is 534 g/mol. The molecule has 0 amide bonds. The molecule has 1 atom stereocenters. The normalized spacial score (nSPS) is 13.4. The summed E-state index contributed by atoms with van der Waals surface area (Å²) in [5.74, 6) is -0.575. The van der Waals surface area contributed by atoms with Crippen LogP contribution in [0.25, 0.3) is 0 Å². The van der Waals surface area contributed by atoms with E-state index >= 15 is 0 Å². The third-order valence-electron chi connectivity index (χ3n) is 7.47. The Hall–Kier alpha value is -0.170. The smallest absolute Gasteiger partial charge is 0.267 e. The van der Waals surface area contributed by atoms with E-state index < -0.39 is 22.0 Å². The number of aliphatic hydroxyl groups is 1. The number of rotatable bonds is 28. The molecule has 0 fully saturated rings. The van der Waals surface area contributed by atoms with Crippen LogP contribution in [-0.4, -0.2) is 61.6 Å².